The summed E-state index contributed by atoms with van der Waals surface area (Å²) in [5, 5.41) is 12.6. The van der Waals surface area contributed by atoms with Crippen LogP contribution in [0.5, 0.6) is 5.75 Å². The number of amides is 2. The number of nitrogens with zero attached hydrogens (tertiary/aromatic N) is 1. The lowest BCUT2D eigenvalue weighted by molar-refractivity contribution is -0.121. The Labute approximate surface area is 132 Å². The van der Waals surface area contributed by atoms with Gasteiger partial charge in [0.15, 0.2) is 0 Å². The van der Waals surface area contributed by atoms with Crippen LogP contribution in [0.25, 0.3) is 0 Å². The summed E-state index contributed by atoms with van der Waals surface area (Å²) in [5.41, 5.74) is 1.05. The highest BCUT2D eigenvalue weighted by atomic mass is 35.5. The maximum Gasteiger partial charge on any atom is 0.256 e. The predicted molar refractivity (Wildman–Crippen MR) is 84.1 cm³/mol. The van der Waals surface area contributed by atoms with E-state index in [1.807, 2.05) is 0 Å². The molecule has 1 atom stereocenters. The van der Waals surface area contributed by atoms with E-state index in [0.29, 0.717) is 16.4 Å². The zero-order valence-corrected chi connectivity index (χ0v) is 12.2. The van der Waals surface area contributed by atoms with E-state index in [1.165, 1.54) is 12.1 Å². The van der Waals surface area contributed by atoms with Crippen molar-refractivity contribution in [1.29, 1.82) is 0 Å². The molecule has 0 bridgehead atoms. The van der Waals surface area contributed by atoms with Crippen LogP contribution in [0.4, 0.5) is 11.4 Å². The quantitative estimate of drug-likeness (QED) is 0.675. The van der Waals surface area contributed by atoms with E-state index in [1.54, 1.807) is 36.4 Å². The van der Waals surface area contributed by atoms with E-state index < -0.39 is 6.04 Å². The molecule has 1 aliphatic heterocycles. The minimum absolute atomic E-state index is 0.0604. The lowest BCUT2D eigenvalue weighted by Crippen LogP contribution is -2.34. The minimum atomic E-state index is -0.645. The number of hydrogen-bond acceptors (Lipinski definition) is 4. The summed E-state index contributed by atoms with van der Waals surface area (Å²) in [4.78, 5) is 25.7. The molecule has 1 heterocycles. The van der Waals surface area contributed by atoms with Gasteiger partial charge >= 0.3 is 0 Å². The molecule has 0 aliphatic carbocycles. The number of aromatic hydroxyl groups is 1. The molecule has 5 nitrogen and oxygen atoms in total. The largest absolute Gasteiger partial charge is 0.508 e. The highest BCUT2D eigenvalue weighted by Gasteiger charge is 2.40. The molecule has 0 aromatic heterocycles. The zero-order valence-electron chi connectivity index (χ0n) is 11.5. The number of phenolic OH excluding ortho intramolecular Hbond substituents is 1. The zero-order chi connectivity index (χ0) is 15.7. The standard InChI is InChI=1S/C16H13ClN2O3/c17-12-3-1-2-4-14(12)19-15(21)9-13(16(19)22)18-10-5-7-11(20)8-6-10/h1-8,13,18,20H,9H2. The van der Waals surface area contributed by atoms with Gasteiger partial charge in [-0.15, -0.1) is 0 Å². The highest BCUT2D eigenvalue weighted by Crippen LogP contribution is 2.30. The number of carbonyl (C=O) groups is 2. The molecule has 1 unspecified atom stereocenters. The Morgan fingerprint density at radius 1 is 1.09 bits per heavy atom. The number of anilines is 2. The molecule has 112 valence electrons. The summed E-state index contributed by atoms with van der Waals surface area (Å²) in [6.45, 7) is 0. The molecule has 0 saturated carbocycles. The van der Waals surface area contributed by atoms with Crippen molar-refractivity contribution in [2.75, 3.05) is 10.2 Å². The van der Waals surface area contributed by atoms with E-state index in [4.69, 9.17) is 11.6 Å². The smallest absolute Gasteiger partial charge is 0.256 e. The molecule has 2 amide bonds. The number of nitrogens with one attached hydrogen (secondary N) is 1. The van der Waals surface area contributed by atoms with Crippen LogP contribution in [0.1, 0.15) is 6.42 Å². The van der Waals surface area contributed by atoms with Crippen LogP contribution in [-0.2, 0) is 9.59 Å². The van der Waals surface area contributed by atoms with Crippen molar-refractivity contribution >= 4 is 34.8 Å². The lowest BCUT2D eigenvalue weighted by atomic mass is 10.2. The predicted octanol–water partition coefficient (Wildman–Crippen LogP) is 2.79. The summed E-state index contributed by atoms with van der Waals surface area (Å²) in [6, 6.07) is 12.4. The monoisotopic (exact) mass is 316 g/mol. The van der Waals surface area contributed by atoms with E-state index in [0.717, 1.165) is 4.90 Å². The molecule has 2 aromatic carbocycles. The minimum Gasteiger partial charge on any atom is -0.508 e. The van der Waals surface area contributed by atoms with Crippen molar-refractivity contribution in [3.63, 3.8) is 0 Å². The number of benzene rings is 2. The van der Waals surface area contributed by atoms with Gasteiger partial charge in [-0.05, 0) is 36.4 Å². The van der Waals surface area contributed by atoms with Crippen molar-refractivity contribution < 1.29 is 14.7 Å². The Kier molecular flexibility index (Phi) is 3.73. The average molecular weight is 317 g/mol. The Bertz CT molecular complexity index is 730. The third kappa shape index (κ3) is 2.63. The second-order valence-electron chi connectivity index (χ2n) is 4.97. The highest BCUT2D eigenvalue weighted by molar-refractivity contribution is 6.36. The first-order valence-electron chi connectivity index (χ1n) is 6.73. The van der Waals surface area contributed by atoms with Crippen molar-refractivity contribution in [1.82, 2.24) is 0 Å². The van der Waals surface area contributed by atoms with E-state index in [-0.39, 0.29) is 24.0 Å². The van der Waals surface area contributed by atoms with Gasteiger partial charge in [-0.25, -0.2) is 4.90 Å². The topological polar surface area (TPSA) is 69.6 Å². The van der Waals surface area contributed by atoms with Gasteiger partial charge in [0.1, 0.15) is 11.8 Å². The van der Waals surface area contributed by atoms with Crippen molar-refractivity contribution in [2.24, 2.45) is 0 Å². The number of halogens is 1. The van der Waals surface area contributed by atoms with Crippen LogP contribution in [0, 0.1) is 0 Å². The van der Waals surface area contributed by atoms with Crippen molar-refractivity contribution in [2.45, 2.75) is 12.5 Å². The summed E-state index contributed by atoms with van der Waals surface area (Å²) in [5.74, 6) is -0.502. The molecule has 1 fully saturated rings. The van der Waals surface area contributed by atoms with Gasteiger partial charge in [0, 0.05) is 5.69 Å². The molecule has 2 N–H and O–H groups in total. The van der Waals surface area contributed by atoms with E-state index in [2.05, 4.69) is 5.32 Å². The van der Waals surface area contributed by atoms with Crippen LogP contribution < -0.4 is 10.2 Å². The second kappa shape index (κ2) is 5.69. The van der Waals surface area contributed by atoms with Gasteiger partial charge in [-0.3, -0.25) is 9.59 Å². The number of hydrogen-bond donors (Lipinski definition) is 2. The maximum absolute atomic E-state index is 12.5. The third-order valence-corrected chi connectivity index (χ3v) is 3.77. The van der Waals surface area contributed by atoms with Crippen LogP contribution in [0.15, 0.2) is 48.5 Å². The first-order chi connectivity index (χ1) is 10.6. The Hall–Kier alpha value is -2.53. The molecule has 3 rings (SSSR count). The Morgan fingerprint density at radius 2 is 1.77 bits per heavy atom. The molecule has 22 heavy (non-hydrogen) atoms. The van der Waals surface area contributed by atoms with Gasteiger partial charge in [0.25, 0.3) is 5.91 Å². The summed E-state index contributed by atoms with van der Waals surface area (Å²) < 4.78 is 0. The fraction of sp³-hybridized carbons (Fsp3) is 0.125. The molecular weight excluding hydrogens is 304 g/mol. The molecule has 1 saturated heterocycles. The lowest BCUT2D eigenvalue weighted by Gasteiger charge is -2.17. The maximum atomic E-state index is 12.5. The number of rotatable bonds is 3. The van der Waals surface area contributed by atoms with Crippen molar-refractivity contribution in [3.8, 4) is 5.75 Å². The first kappa shape index (κ1) is 14.4. The normalized spacial score (nSPS) is 17.9. The molecule has 0 spiro atoms. The van der Waals surface area contributed by atoms with Gasteiger partial charge in [0.2, 0.25) is 5.91 Å². The van der Waals surface area contributed by atoms with E-state index in [9.17, 15) is 14.7 Å². The molecule has 1 aliphatic rings. The van der Waals surface area contributed by atoms with Gasteiger partial charge in [-0.1, -0.05) is 23.7 Å². The third-order valence-electron chi connectivity index (χ3n) is 3.45. The van der Waals surface area contributed by atoms with Crippen LogP contribution in [-0.4, -0.2) is 23.0 Å². The fourth-order valence-corrected chi connectivity index (χ4v) is 2.61. The number of phenols is 1. The summed E-state index contributed by atoms with van der Waals surface area (Å²) >= 11 is 6.07. The van der Waals surface area contributed by atoms with Crippen LogP contribution in [0.3, 0.4) is 0 Å². The van der Waals surface area contributed by atoms with Gasteiger partial charge < -0.3 is 10.4 Å². The SMILES string of the molecule is O=C1CC(Nc2ccc(O)cc2)C(=O)N1c1ccccc1Cl. The van der Waals surface area contributed by atoms with Crippen molar-refractivity contribution in [3.05, 3.63) is 53.6 Å². The molecule has 0 radical (unpaired) electrons. The van der Waals surface area contributed by atoms with Crippen LogP contribution >= 0.6 is 11.6 Å². The number of carbonyl (C=O) groups excluding carboxylic acids is 2. The molecule has 2 aromatic rings. The first-order valence-corrected chi connectivity index (χ1v) is 7.11. The summed E-state index contributed by atoms with van der Waals surface area (Å²) in [7, 11) is 0. The Balaban J connectivity index is 1.82. The van der Waals surface area contributed by atoms with E-state index >= 15 is 0 Å². The average Bonchev–Trinajstić information content (AvgIpc) is 2.77. The number of para-hydroxylation sites is 1. The molecular formula is C16H13ClN2O3. The molecule has 6 heteroatoms. The fourth-order valence-electron chi connectivity index (χ4n) is 2.39. The summed E-state index contributed by atoms with van der Waals surface area (Å²) in [6.07, 6.45) is 0.0604. The van der Waals surface area contributed by atoms with Gasteiger partial charge in [0.05, 0.1) is 17.1 Å². The second-order valence-corrected chi connectivity index (χ2v) is 5.37. The Morgan fingerprint density at radius 3 is 2.45 bits per heavy atom. The number of imide groups is 1. The van der Waals surface area contributed by atoms with Gasteiger partial charge in [-0.2, -0.15) is 0 Å². The van der Waals surface area contributed by atoms with Crippen LogP contribution in [0.2, 0.25) is 5.02 Å².